The van der Waals surface area contributed by atoms with Crippen LogP contribution in [0.15, 0.2) is 12.7 Å². The summed E-state index contributed by atoms with van der Waals surface area (Å²) in [5.41, 5.74) is -0.0311. The molecule has 0 fully saturated rings. The first kappa shape index (κ1) is 12.4. The molecule has 0 heterocycles. The van der Waals surface area contributed by atoms with Crippen LogP contribution in [-0.2, 0) is 4.79 Å². The zero-order valence-corrected chi connectivity index (χ0v) is 9.10. The maximum absolute atomic E-state index is 10.3. The van der Waals surface area contributed by atoms with E-state index in [0.29, 0.717) is 6.42 Å². The second-order valence-electron chi connectivity index (χ2n) is 4.47. The van der Waals surface area contributed by atoms with Crippen LogP contribution in [-0.4, -0.2) is 6.29 Å². The quantitative estimate of drug-likeness (QED) is 0.549. The van der Waals surface area contributed by atoms with Crippen LogP contribution in [0.2, 0.25) is 0 Å². The predicted octanol–water partition coefficient (Wildman–Crippen LogP) is 3.50. The molecule has 1 nitrogen and oxygen atoms in total. The van der Waals surface area contributed by atoms with Gasteiger partial charge >= 0.3 is 0 Å². The molecule has 1 unspecified atom stereocenters. The minimum atomic E-state index is -0.0311. The van der Waals surface area contributed by atoms with Gasteiger partial charge in [-0.3, -0.25) is 4.79 Å². The van der Waals surface area contributed by atoms with E-state index in [1.165, 1.54) is 12.8 Å². The molecule has 0 rings (SSSR count). The van der Waals surface area contributed by atoms with Gasteiger partial charge in [0.1, 0.15) is 0 Å². The average molecular weight is 181 g/mol. The Morgan fingerprint density at radius 1 is 1.54 bits per heavy atom. The summed E-state index contributed by atoms with van der Waals surface area (Å²) < 4.78 is 0. The summed E-state index contributed by atoms with van der Waals surface area (Å²) >= 11 is 0. The van der Waals surface area contributed by atoms with E-state index in [0.717, 1.165) is 12.3 Å². The number of carbonyl (C=O) groups excluding carboxylic acids is 1. The molecule has 0 spiro atoms. The van der Waals surface area contributed by atoms with Crippen molar-refractivity contribution in [1.82, 2.24) is 0 Å². The van der Waals surface area contributed by atoms with Gasteiger partial charge in [-0.2, -0.15) is 0 Å². The summed E-state index contributed by atoms with van der Waals surface area (Å²) in [6.07, 6.45) is 7.78. The molecular formula is C12H21O. The number of hydrogen-bond donors (Lipinski definition) is 0. The van der Waals surface area contributed by atoms with Gasteiger partial charge in [0.05, 0.1) is 0 Å². The Hall–Kier alpha value is -0.590. The minimum absolute atomic E-state index is 0.0311. The molecule has 1 atom stereocenters. The minimum Gasteiger partial charge on any atom is -0.291 e. The van der Waals surface area contributed by atoms with E-state index < -0.39 is 0 Å². The molecule has 0 saturated heterocycles. The Bertz CT molecular complexity index is 161. The number of hydrogen-bond acceptors (Lipinski definition) is 1. The third kappa shape index (κ3) is 5.62. The molecule has 0 aromatic heterocycles. The van der Waals surface area contributed by atoms with Crippen LogP contribution in [0.25, 0.3) is 0 Å². The number of allylic oxidation sites excluding steroid dienone is 1. The summed E-state index contributed by atoms with van der Waals surface area (Å²) in [6, 6.07) is 0. The first-order valence-electron chi connectivity index (χ1n) is 5.02. The van der Waals surface area contributed by atoms with Crippen LogP contribution in [0.5, 0.6) is 0 Å². The zero-order valence-electron chi connectivity index (χ0n) is 9.10. The van der Waals surface area contributed by atoms with Gasteiger partial charge in [-0.1, -0.05) is 39.7 Å². The standard InChI is InChI=1S/C12H21O/c1-5-12(4,9-10-13)8-6-7-11(2)3/h5,11H,1,6-9H2,2-4H3. The van der Waals surface area contributed by atoms with Gasteiger partial charge in [-0.05, 0) is 17.8 Å². The smallest absolute Gasteiger partial charge is 0.199 e. The van der Waals surface area contributed by atoms with Crippen molar-refractivity contribution in [3.63, 3.8) is 0 Å². The Labute approximate surface area is 82.2 Å². The van der Waals surface area contributed by atoms with Crippen molar-refractivity contribution in [2.24, 2.45) is 11.3 Å². The van der Waals surface area contributed by atoms with Crippen LogP contribution in [0.1, 0.15) is 46.5 Å². The van der Waals surface area contributed by atoms with Crippen LogP contribution < -0.4 is 0 Å². The van der Waals surface area contributed by atoms with Crippen molar-refractivity contribution >= 4 is 6.29 Å². The van der Waals surface area contributed by atoms with Gasteiger partial charge in [0.25, 0.3) is 0 Å². The molecule has 0 aromatic carbocycles. The first-order chi connectivity index (χ1) is 6.04. The normalized spacial score (nSPS) is 15.4. The van der Waals surface area contributed by atoms with Gasteiger partial charge in [-0.25, -0.2) is 0 Å². The molecule has 0 aliphatic carbocycles. The molecule has 0 amide bonds. The highest BCUT2D eigenvalue weighted by atomic mass is 16.1. The van der Waals surface area contributed by atoms with Crippen LogP contribution in [0.4, 0.5) is 0 Å². The van der Waals surface area contributed by atoms with Crippen LogP contribution in [0.3, 0.4) is 0 Å². The molecule has 0 saturated carbocycles. The van der Waals surface area contributed by atoms with Crippen molar-refractivity contribution < 1.29 is 4.79 Å². The average Bonchev–Trinajstić information content (AvgIpc) is 2.04. The lowest BCUT2D eigenvalue weighted by Gasteiger charge is -2.22. The Morgan fingerprint density at radius 2 is 2.15 bits per heavy atom. The summed E-state index contributed by atoms with van der Waals surface area (Å²) in [5.74, 6) is 0.745. The van der Waals surface area contributed by atoms with Crippen molar-refractivity contribution in [2.45, 2.75) is 46.5 Å². The predicted molar refractivity (Wildman–Crippen MR) is 57.3 cm³/mol. The lowest BCUT2D eigenvalue weighted by Crippen LogP contribution is -2.13. The van der Waals surface area contributed by atoms with Gasteiger partial charge in [0.2, 0.25) is 0 Å². The largest absolute Gasteiger partial charge is 0.291 e. The van der Waals surface area contributed by atoms with E-state index in [4.69, 9.17) is 0 Å². The highest BCUT2D eigenvalue weighted by Gasteiger charge is 2.19. The molecule has 13 heavy (non-hydrogen) atoms. The van der Waals surface area contributed by atoms with Crippen LogP contribution in [0, 0.1) is 11.3 Å². The van der Waals surface area contributed by atoms with Gasteiger partial charge in [0.15, 0.2) is 6.29 Å². The van der Waals surface area contributed by atoms with E-state index in [-0.39, 0.29) is 5.41 Å². The van der Waals surface area contributed by atoms with E-state index in [9.17, 15) is 4.79 Å². The van der Waals surface area contributed by atoms with Crippen molar-refractivity contribution in [3.8, 4) is 0 Å². The Balaban J connectivity index is 3.83. The molecule has 0 aliphatic heterocycles. The van der Waals surface area contributed by atoms with Gasteiger partial charge in [0, 0.05) is 6.42 Å². The third-order valence-electron chi connectivity index (χ3n) is 2.50. The van der Waals surface area contributed by atoms with E-state index in [1.807, 2.05) is 12.4 Å². The van der Waals surface area contributed by atoms with E-state index in [1.54, 1.807) is 0 Å². The summed E-state index contributed by atoms with van der Waals surface area (Å²) in [7, 11) is 0. The summed E-state index contributed by atoms with van der Waals surface area (Å²) in [4.78, 5) is 10.3. The lowest BCUT2D eigenvalue weighted by molar-refractivity contribution is 0.365. The third-order valence-corrected chi connectivity index (χ3v) is 2.50. The topological polar surface area (TPSA) is 17.1 Å². The zero-order chi connectivity index (χ0) is 10.3. The van der Waals surface area contributed by atoms with Crippen molar-refractivity contribution in [2.75, 3.05) is 0 Å². The highest BCUT2D eigenvalue weighted by Crippen LogP contribution is 2.29. The molecule has 75 valence electrons. The SMILES string of the molecule is C=CC(C)(C[C]=O)CCCC(C)C. The molecule has 0 aliphatic rings. The molecular weight excluding hydrogens is 160 g/mol. The Morgan fingerprint density at radius 3 is 2.54 bits per heavy atom. The van der Waals surface area contributed by atoms with E-state index in [2.05, 4.69) is 27.4 Å². The van der Waals surface area contributed by atoms with Crippen molar-refractivity contribution in [1.29, 1.82) is 0 Å². The molecule has 1 radical (unpaired) electrons. The first-order valence-corrected chi connectivity index (χ1v) is 5.02. The molecule has 0 bridgehead atoms. The second kappa shape index (κ2) is 5.95. The van der Waals surface area contributed by atoms with Gasteiger partial charge in [-0.15, -0.1) is 6.58 Å². The second-order valence-corrected chi connectivity index (χ2v) is 4.47. The fraction of sp³-hybridized carbons (Fsp3) is 0.750. The Kier molecular flexibility index (Phi) is 5.68. The summed E-state index contributed by atoms with van der Waals surface area (Å²) in [5, 5.41) is 0. The van der Waals surface area contributed by atoms with Crippen LogP contribution >= 0.6 is 0 Å². The maximum Gasteiger partial charge on any atom is 0.199 e. The molecule has 0 N–H and O–H groups in total. The van der Waals surface area contributed by atoms with Crippen molar-refractivity contribution in [3.05, 3.63) is 12.7 Å². The molecule has 0 aromatic rings. The van der Waals surface area contributed by atoms with E-state index >= 15 is 0 Å². The van der Waals surface area contributed by atoms with Gasteiger partial charge < -0.3 is 0 Å². The highest BCUT2D eigenvalue weighted by molar-refractivity contribution is 5.52. The number of rotatable bonds is 7. The fourth-order valence-electron chi connectivity index (χ4n) is 1.34. The fourth-order valence-corrected chi connectivity index (χ4v) is 1.34. The summed E-state index contributed by atoms with van der Waals surface area (Å²) in [6.45, 7) is 10.3. The lowest BCUT2D eigenvalue weighted by atomic mass is 9.82. The molecule has 1 heteroatoms. The monoisotopic (exact) mass is 181 g/mol. The maximum atomic E-state index is 10.3.